The predicted octanol–water partition coefficient (Wildman–Crippen LogP) is 2.66. The summed E-state index contributed by atoms with van der Waals surface area (Å²) in [5.74, 6) is 0.805. The number of aliphatic hydroxyl groups is 1. The Hall–Kier alpha value is -0.770. The summed E-state index contributed by atoms with van der Waals surface area (Å²) in [5, 5.41) is 14.7. The van der Waals surface area contributed by atoms with Crippen LogP contribution in [0.2, 0.25) is 0 Å². The lowest BCUT2D eigenvalue weighted by molar-refractivity contribution is 0.201. The zero-order chi connectivity index (χ0) is 14.1. The van der Waals surface area contributed by atoms with Gasteiger partial charge in [-0.2, -0.15) is 0 Å². The molecular weight excluding hydrogens is 240 g/mol. The fraction of sp³-hybridized carbons (Fsp3) is 0.933. The molecule has 0 aromatic carbocycles. The third kappa shape index (κ3) is 7.41. The molecule has 0 saturated heterocycles. The fourth-order valence-corrected chi connectivity index (χ4v) is 2.64. The van der Waals surface area contributed by atoms with Crippen LogP contribution in [0.1, 0.15) is 58.8 Å². The van der Waals surface area contributed by atoms with Crippen LogP contribution in [0.5, 0.6) is 0 Å². The molecule has 3 N–H and O–H groups in total. The molecule has 1 aliphatic carbocycles. The molecule has 0 aliphatic heterocycles. The first-order chi connectivity index (χ1) is 9.03. The lowest BCUT2D eigenvalue weighted by Crippen LogP contribution is -2.41. The fourth-order valence-electron chi connectivity index (χ4n) is 2.64. The van der Waals surface area contributed by atoms with Crippen molar-refractivity contribution in [2.75, 3.05) is 19.7 Å². The van der Waals surface area contributed by atoms with E-state index in [9.17, 15) is 4.79 Å². The molecule has 4 heteroatoms. The quantitative estimate of drug-likeness (QED) is 0.666. The van der Waals surface area contributed by atoms with Crippen molar-refractivity contribution in [3.8, 4) is 0 Å². The van der Waals surface area contributed by atoms with E-state index < -0.39 is 0 Å². The topological polar surface area (TPSA) is 61.4 Å². The van der Waals surface area contributed by atoms with Crippen molar-refractivity contribution >= 4 is 6.03 Å². The van der Waals surface area contributed by atoms with Crippen molar-refractivity contribution in [2.24, 2.45) is 11.3 Å². The predicted molar refractivity (Wildman–Crippen MR) is 78.1 cm³/mol. The minimum atomic E-state index is -0.0816. The molecule has 0 atom stereocenters. The number of rotatable bonds is 7. The summed E-state index contributed by atoms with van der Waals surface area (Å²) in [6.45, 7) is 5.63. The Morgan fingerprint density at radius 2 is 1.89 bits per heavy atom. The Morgan fingerprint density at radius 3 is 2.53 bits per heavy atom. The standard InChI is InChI=1S/C15H30N2O2/c1-15(2,9-11-18)12-17-14(19)16-10-8-13-6-4-3-5-7-13/h13,18H,3-12H2,1-2H3,(H2,16,17,19). The molecule has 0 aromatic rings. The van der Waals surface area contributed by atoms with E-state index in [4.69, 9.17) is 5.11 Å². The average molecular weight is 270 g/mol. The number of hydrogen-bond donors (Lipinski definition) is 3. The largest absolute Gasteiger partial charge is 0.396 e. The third-order valence-corrected chi connectivity index (χ3v) is 4.08. The Kier molecular flexibility index (Phi) is 7.21. The number of carbonyl (C=O) groups is 1. The van der Waals surface area contributed by atoms with E-state index in [0.29, 0.717) is 13.0 Å². The van der Waals surface area contributed by atoms with E-state index in [1.54, 1.807) is 0 Å². The highest BCUT2D eigenvalue weighted by atomic mass is 16.3. The van der Waals surface area contributed by atoms with Crippen LogP contribution >= 0.6 is 0 Å². The molecular formula is C15H30N2O2. The Morgan fingerprint density at radius 1 is 1.21 bits per heavy atom. The maximum absolute atomic E-state index is 11.7. The van der Waals surface area contributed by atoms with Crippen LogP contribution in [0.3, 0.4) is 0 Å². The molecule has 0 bridgehead atoms. The van der Waals surface area contributed by atoms with Crippen molar-refractivity contribution < 1.29 is 9.90 Å². The molecule has 0 unspecified atom stereocenters. The second-order valence-electron chi connectivity index (χ2n) is 6.54. The molecule has 0 heterocycles. The van der Waals surface area contributed by atoms with E-state index in [-0.39, 0.29) is 18.1 Å². The molecule has 1 aliphatic rings. The van der Waals surface area contributed by atoms with Gasteiger partial charge >= 0.3 is 6.03 Å². The van der Waals surface area contributed by atoms with Gasteiger partial charge in [0, 0.05) is 19.7 Å². The van der Waals surface area contributed by atoms with E-state index >= 15 is 0 Å². The van der Waals surface area contributed by atoms with Crippen molar-refractivity contribution in [1.29, 1.82) is 0 Å². The van der Waals surface area contributed by atoms with Crippen molar-refractivity contribution in [3.63, 3.8) is 0 Å². The maximum atomic E-state index is 11.7. The van der Waals surface area contributed by atoms with Crippen molar-refractivity contribution in [3.05, 3.63) is 0 Å². The van der Waals surface area contributed by atoms with Gasteiger partial charge in [-0.1, -0.05) is 46.0 Å². The molecule has 1 fully saturated rings. The summed E-state index contributed by atoms with van der Waals surface area (Å²) in [6, 6.07) is -0.0816. The lowest BCUT2D eigenvalue weighted by Gasteiger charge is -2.24. The smallest absolute Gasteiger partial charge is 0.314 e. The molecule has 0 radical (unpaired) electrons. The summed E-state index contributed by atoms with van der Waals surface area (Å²) in [6.07, 6.45) is 8.55. The number of hydrogen-bond acceptors (Lipinski definition) is 2. The highest BCUT2D eigenvalue weighted by molar-refractivity contribution is 5.73. The van der Waals surface area contributed by atoms with E-state index in [1.165, 1.54) is 32.1 Å². The van der Waals surface area contributed by atoms with E-state index in [1.807, 2.05) is 13.8 Å². The zero-order valence-electron chi connectivity index (χ0n) is 12.5. The van der Waals surface area contributed by atoms with Crippen LogP contribution in [0.25, 0.3) is 0 Å². The summed E-state index contributed by atoms with van der Waals surface area (Å²) in [5.41, 5.74) is -0.0462. The SMILES string of the molecule is CC(C)(CCO)CNC(=O)NCCC1CCCCC1. The molecule has 112 valence electrons. The van der Waals surface area contributed by atoms with Gasteiger partial charge in [0.15, 0.2) is 0 Å². The molecule has 0 aromatic heterocycles. The molecule has 0 spiro atoms. The highest BCUT2D eigenvalue weighted by Crippen LogP contribution is 2.25. The lowest BCUT2D eigenvalue weighted by atomic mass is 9.87. The number of aliphatic hydroxyl groups excluding tert-OH is 1. The van der Waals surface area contributed by atoms with Crippen molar-refractivity contribution in [1.82, 2.24) is 10.6 Å². The number of urea groups is 1. The van der Waals surface area contributed by atoms with Gasteiger partial charge in [0.05, 0.1) is 0 Å². The first-order valence-corrected chi connectivity index (χ1v) is 7.66. The van der Waals surface area contributed by atoms with Gasteiger partial charge in [0.1, 0.15) is 0 Å². The monoisotopic (exact) mass is 270 g/mol. The van der Waals surface area contributed by atoms with Gasteiger partial charge in [-0.25, -0.2) is 4.79 Å². The number of nitrogens with one attached hydrogen (secondary N) is 2. The summed E-state index contributed by atoms with van der Waals surface area (Å²) in [7, 11) is 0. The van der Waals surface area contributed by atoms with Gasteiger partial charge in [-0.05, 0) is 24.2 Å². The summed E-state index contributed by atoms with van der Waals surface area (Å²) < 4.78 is 0. The van der Waals surface area contributed by atoms with Crippen LogP contribution in [0.15, 0.2) is 0 Å². The average Bonchev–Trinajstić information content (AvgIpc) is 2.38. The molecule has 4 nitrogen and oxygen atoms in total. The Bertz CT molecular complexity index is 261. The van der Waals surface area contributed by atoms with Gasteiger partial charge < -0.3 is 15.7 Å². The third-order valence-electron chi connectivity index (χ3n) is 4.08. The van der Waals surface area contributed by atoms with Crippen LogP contribution in [0.4, 0.5) is 4.79 Å². The van der Waals surface area contributed by atoms with Gasteiger partial charge in [-0.15, -0.1) is 0 Å². The molecule has 1 rings (SSSR count). The van der Waals surface area contributed by atoms with Gasteiger partial charge in [0.2, 0.25) is 0 Å². The summed E-state index contributed by atoms with van der Waals surface area (Å²) >= 11 is 0. The Labute approximate surface area is 117 Å². The van der Waals surface area contributed by atoms with Crippen LogP contribution < -0.4 is 10.6 Å². The van der Waals surface area contributed by atoms with Crippen LogP contribution in [-0.4, -0.2) is 30.8 Å². The maximum Gasteiger partial charge on any atom is 0.314 e. The van der Waals surface area contributed by atoms with Gasteiger partial charge in [-0.3, -0.25) is 0 Å². The number of carbonyl (C=O) groups excluding carboxylic acids is 1. The highest BCUT2D eigenvalue weighted by Gasteiger charge is 2.18. The first kappa shape index (κ1) is 16.3. The summed E-state index contributed by atoms with van der Waals surface area (Å²) in [4.78, 5) is 11.7. The molecule has 19 heavy (non-hydrogen) atoms. The second kappa shape index (κ2) is 8.41. The second-order valence-corrected chi connectivity index (χ2v) is 6.54. The minimum Gasteiger partial charge on any atom is -0.396 e. The van der Waals surface area contributed by atoms with E-state index in [2.05, 4.69) is 10.6 Å². The minimum absolute atomic E-state index is 0.0462. The van der Waals surface area contributed by atoms with E-state index in [0.717, 1.165) is 18.9 Å². The Balaban J connectivity index is 2.07. The number of amides is 2. The van der Waals surface area contributed by atoms with Crippen molar-refractivity contribution in [2.45, 2.75) is 58.8 Å². The molecule has 2 amide bonds. The molecule has 1 saturated carbocycles. The zero-order valence-corrected chi connectivity index (χ0v) is 12.5. The van der Waals surface area contributed by atoms with Crippen LogP contribution in [-0.2, 0) is 0 Å². The van der Waals surface area contributed by atoms with Crippen LogP contribution in [0, 0.1) is 11.3 Å². The normalized spacial score (nSPS) is 17.2. The van der Waals surface area contributed by atoms with Gasteiger partial charge in [0.25, 0.3) is 0 Å². The first-order valence-electron chi connectivity index (χ1n) is 7.66.